The number of esters is 1. The van der Waals surface area contributed by atoms with Gasteiger partial charge in [0, 0.05) is 0 Å². The highest BCUT2D eigenvalue weighted by Gasteiger charge is 2.13. The Bertz CT molecular complexity index is 767. The molecule has 2 aromatic carbocycles. The lowest BCUT2D eigenvalue weighted by Crippen LogP contribution is -2.06. The van der Waals surface area contributed by atoms with Crippen LogP contribution >= 0.6 is 0 Å². The normalized spacial score (nSPS) is 9.88. The van der Waals surface area contributed by atoms with Gasteiger partial charge in [0.05, 0.1) is 18.2 Å². The van der Waals surface area contributed by atoms with Gasteiger partial charge in [-0.3, -0.25) is 0 Å². The molecule has 1 N–H and O–H groups in total. The van der Waals surface area contributed by atoms with E-state index in [1.807, 2.05) is 0 Å². The van der Waals surface area contributed by atoms with Crippen LogP contribution in [0.4, 0.5) is 8.78 Å². The summed E-state index contributed by atoms with van der Waals surface area (Å²) in [5, 5.41) is 8.71. The third kappa shape index (κ3) is 5.11. The lowest BCUT2D eigenvalue weighted by atomic mass is 10.0. The first-order valence-corrected chi connectivity index (χ1v) is 7.43. The largest absolute Gasteiger partial charge is 0.478 e. The van der Waals surface area contributed by atoms with Gasteiger partial charge in [-0.25, -0.2) is 18.4 Å². The molecule has 0 aliphatic rings. The highest BCUT2D eigenvalue weighted by molar-refractivity contribution is 5.92. The second-order valence-corrected chi connectivity index (χ2v) is 5.63. The van der Waals surface area contributed by atoms with E-state index in [1.54, 1.807) is 27.7 Å². The molecule has 0 aliphatic heterocycles. The minimum atomic E-state index is -1.01. The highest BCUT2D eigenvalue weighted by Crippen LogP contribution is 2.17. The van der Waals surface area contributed by atoms with Crippen molar-refractivity contribution in [3.63, 3.8) is 0 Å². The number of halogens is 2. The molecule has 0 bridgehead atoms. The number of hydrogen-bond donors (Lipinski definition) is 1. The van der Waals surface area contributed by atoms with E-state index in [2.05, 4.69) is 4.74 Å². The summed E-state index contributed by atoms with van der Waals surface area (Å²) in [5.74, 6) is -2.15. The van der Waals surface area contributed by atoms with Crippen LogP contribution in [0.5, 0.6) is 0 Å². The van der Waals surface area contributed by atoms with E-state index in [9.17, 15) is 18.4 Å². The molecule has 0 spiro atoms. The Morgan fingerprint density at radius 1 is 0.800 bits per heavy atom. The maximum atomic E-state index is 12.8. The Kier molecular flexibility index (Phi) is 6.79. The van der Waals surface area contributed by atoms with Crippen molar-refractivity contribution in [3.05, 3.63) is 69.3 Å². The van der Waals surface area contributed by atoms with Crippen molar-refractivity contribution in [2.75, 3.05) is 7.11 Å². The standard InChI is InChI=1S/C10H11FO2.C9H9FO2/c1-6-4-8(11)5-7(2)9(6)10(12)13-3;1-5-3-7(10)4-6(2)8(5)9(11)12/h4-5H,1-3H3;3-4H,1-2H3,(H,11,12). The number of methoxy groups -OCH3 is 1. The molecule has 0 aliphatic carbocycles. The Hall–Kier alpha value is -2.76. The summed E-state index contributed by atoms with van der Waals surface area (Å²) in [6.07, 6.45) is 0. The zero-order valence-corrected chi connectivity index (χ0v) is 14.7. The quantitative estimate of drug-likeness (QED) is 0.817. The van der Waals surface area contributed by atoms with Crippen LogP contribution in [0.25, 0.3) is 0 Å². The zero-order valence-electron chi connectivity index (χ0n) is 14.7. The number of rotatable bonds is 2. The van der Waals surface area contributed by atoms with Gasteiger partial charge >= 0.3 is 11.9 Å². The molecule has 0 amide bonds. The molecule has 2 rings (SSSR count). The van der Waals surface area contributed by atoms with E-state index in [0.29, 0.717) is 27.8 Å². The van der Waals surface area contributed by atoms with Gasteiger partial charge in [-0.2, -0.15) is 0 Å². The monoisotopic (exact) mass is 350 g/mol. The van der Waals surface area contributed by atoms with Crippen molar-refractivity contribution in [3.8, 4) is 0 Å². The van der Waals surface area contributed by atoms with Crippen LogP contribution in [0.15, 0.2) is 24.3 Å². The maximum Gasteiger partial charge on any atom is 0.338 e. The highest BCUT2D eigenvalue weighted by atomic mass is 19.1. The van der Waals surface area contributed by atoms with Crippen LogP contribution in [0.1, 0.15) is 43.0 Å². The lowest BCUT2D eigenvalue weighted by molar-refractivity contribution is 0.0598. The average Bonchev–Trinajstić information content (AvgIpc) is 2.44. The third-order valence-corrected chi connectivity index (χ3v) is 3.60. The Labute approximate surface area is 145 Å². The number of hydrogen-bond acceptors (Lipinski definition) is 3. The first-order valence-electron chi connectivity index (χ1n) is 7.43. The van der Waals surface area contributed by atoms with Gasteiger partial charge < -0.3 is 9.84 Å². The van der Waals surface area contributed by atoms with Crippen molar-refractivity contribution >= 4 is 11.9 Å². The number of carboxylic acid groups (broad SMARTS) is 1. The van der Waals surface area contributed by atoms with E-state index >= 15 is 0 Å². The lowest BCUT2D eigenvalue weighted by Gasteiger charge is -2.07. The van der Waals surface area contributed by atoms with Gasteiger partial charge in [0.2, 0.25) is 0 Å². The number of aryl methyl sites for hydroxylation is 4. The third-order valence-electron chi connectivity index (χ3n) is 3.60. The maximum absolute atomic E-state index is 12.8. The Balaban J connectivity index is 0.000000251. The van der Waals surface area contributed by atoms with Gasteiger partial charge in [-0.05, 0) is 74.2 Å². The molecule has 6 heteroatoms. The van der Waals surface area contributed by atoms with Crippen LogP contribution in [-0.2, 0) is 4.74 Å². The molecule has 0 radical (unpaired) electrons. The summed E-state index contributed by atoms with van der Waals surface area (Å²) in [5.41, 5.74) is 2.76. The molecular formula is C19H20F2O4. The van der Waals surface area contributed by atoms with Crippen molar-refractivity contribution in [1.29, 1.82) is 0 Å². The molecule has 0 atom stereocenters. The summed E-state index contributed by atoms with van der Waals surface area (Å²) in [6.45, 7) is 6.53. The number of carboxylic acids is 1. The molecular weight excluding hydrogens is 330 g/mol. The van der Waals surface area contributed by atoms with Crippen molar-refractivity contribution < 1.29 is 28.2 Å². The van der Waals surface area contributed by atoms with Crippen molar-refractivity contribution in [2.24, 2.45) is 0 Å². The molecule has 0 fully saturated rings. The molecule has 134 valence electrons. The van der Waals surface area contributed by atoms with E-state index in [4.69, 9.17) is 5.11 Å². The number of ether oxygens (including phenoxy) is 1. The summed E-state index contributed by atoms with van der Waals surface area (Å²) in [4.78, 5) is 21.9. The van der Waals surface area contributed by atoms with Crippen LogP contribution in [0.2, 0.25) is 0 Å². The topological polar surface area (TPSA) is 63.6 Å². The summed E-state index contributed by atoms with van der Waals surface area (Å²) in [7, 11) is 1.31. The van der Waals surface area contributed by atoms with Crippen LogP contribution < -0.4 is 0 Å². The molecule has 0 unspecified atom stereocenters. The minimum Gasteiger partial charge on any atom is -0.478 e. The number of aromatic carboxylic acids is 1. The SMILES string of the molecule is COC(=O)c1c(C)cc(F)cc1C.Cc1cc(F)cc(C)c1C(=O)O. The number of carbonyl (C=O) groups excluding carboxylic acids is 1. The zero-order chi connectivity index (χ0) is 19.3. The van der Waals surface area contributed by atoms with E-state index < -0.39 is 17.8 Å². The average molecular weight is 350 g/mol. The fourth-order valence-corrected chi connectivity index (χ4v) is 2.58. The van der Waals surface area contributed by atoms with Gasteiger partial charge in [0.15, 0.2) is 0 Å². The first kappa shape index (κ1) is 20.3. The first-order chi connectivity index (χ1) is 11.6. The molecule has 2 aromatic rings. The van der Waals surface area contributed by atoms with Crippen molar-refractivity contribution in [2.45, 2.75) is 27.7 Å². The fraction of sp³-hybridized carbons (Fsp3) is 0.263. The van der Waals surface area contributed by atoms with Gasteiger partial charge in [0.1, 0.15) is 11.6 Å². The molecule has 0 saturated carbocycles. The molecule has 25 heavy (non-hydrogen) atoms. The Morgan fingerprint density at radius 2 is 1.12 bits per heavy atom. The van der Waals surface area contributed by atoms with Gasteiger partial charge in [0.25, 0.3) is 0 Å². The van der Waals surface area contributed by atoms with Crippen LogP contribution in [0, 0.1) is 39.3 Å². The molecule has 4 nitrogen and oxygen atoms in total. The summed E-state index contributed by atoms with van der Waals surface area (Å²) >= 11 is 0. The molecule has 0 saturated heterocycles. The van der Waals surface area contributed by atoms with E-state index in [0.717, 1.165) is 0 Å². The van der Waals surface area contributed by atoms with Crippen LogP contribution in [-0.4, -0.2) is 24.2 Å². The van der Waals surface area contributed by atoms with E-state index in [-0.39, 0.29) is 11.4 Å². The van der Waals surface area contributed by atoms with Gasteiger partial charge in [-0.15, -0.1) is 0 Å². The predicted molar refractivity (Wildman–Crippen MR) is 90.0 cm³/mol. The van der Waals surface area contributed by atoms with E-state index in [1.165, 1.54) is 31.4 Å². The predicted octanol–water partition coefficient (Wildman–Crippen LogP) is 4.37. The fourth-order valence-electron chi connectivity index (χ4n) is 2.58. The second-order valence-electron chi connectivity index (χ2n) is 5.63. The molecule has 0 heterocycles. The van der Waals surface area contributed by atoms with Gasteiger partial charge in [-0.1, -0.05) is 0 Å². The van der Waals surface area contributed by atoms with Crippen molar-refractivity contribution in [1.82, 2.24) is 0 Å². The van der Waals surface area contributed by atoms with Crippen LogP contribution in [0.3, 0.4) is 0 Å². The Morgan fingerprint density at radius 3 is 1.40 bits per heavy atom. The summed E-state index contributed by atoms with van der Waals surface area (Å²) in [6, 6.07) is 5.07. The summed E-state index contributed by atoms with van der Waals surface area (Å²) < 4.78 is 30.1. The second kappa shape index (κ2) is 8.37. The number of carbonyl (C=O) groups is 2. The minimum absolute atomic E-state index is 0.191. The smallest absolute Gasteiger partial charge is 0.338 e. The number of benzene rings is 2. The molecule has 0 aromatic heterocycles.